The SMILES string of the molecule is CN=c1cnc2[nH]ccc2n1C1([C@@H]2CC[C@H](NS(=O)(=O)c3ccc4ccccc4c3)C2)CC1C.[HH].[HH]. The van der Waals surface area contributed by atoms with Gasteiger partial charge in [-0.15, -0.1) is 0 Å². The summed E-state index contributed by atoms with van der Waals surface area (Å²) in [4.78, 5) is 12.6. The van der Waals surface area contributed by atoms with Crippen LogP contribution < -0.4 is 10.2 Å². The number of aromatic nitrogens is 3. The third kappa shape index (κ3) is 3.31. The smallest absolute Gasteiger partial charge is 0.240 e. The van der Waals surface area contributed by atoms with Gasteiger partial charge in [-0.1, -0.05) is 37.3 Å². The molecule has 6 rings (SSSR count). The molecule has 34 heavy (non-hydrogen) atoms. The van der Waals surface area contributed by atoms with Crippen LogP contribution in [0.2, 0.25) is 0 Å². The molecule has 0 aliphatic heterocycles. The molecule has 2 unspecified atom stereocenters. The van der Waals surface area contributed by atoms with Crippen molar-refractivity contribution in [1.29, 1.82) is 0 Å². The Bertz CT molecular complexity index is 1580. The first-order valence-electron chi connectivity index (χ1n) is 11.9. The van der Waals surface area contributed by atoms with E-state index >= 15 is 0 Å². The molecule has 180 valence electrons. The maximum atomic E-state index is 13.2. The van der Waals surface area contributed by atoms with Gasteiger partial charge in [-0.2, -0.15) is 0 Å². The Kier molecular flexibility index (Phi) is 4.93. The number of H-pyrrole nitrogens is 1. The molecule has 2 heterocycles. The minimum atomic E-state index is -3.59. The van der Waals surface area contributed by atoms with Crippen molar-refractivity contribution in [3.05, 3.63) is 66.4 Å². The Morgan fingerprint density at radius 3 is 2.74 bits per heavy atom. The van der Waals surface area contributed by atoms with Crippen LogP contribution in [0.25, 0.3) is 21.9 Å². The molecule has 0 amide bonds. The normalized spacial score (nSPS) is 27.6. The minimum Gasteiger partial charge on any atom is -0.345 e. The van der Waals surface area contributed by atoms with Crippen molar-refractivity contribution in [3.63, 3.8) is 0 Å². The summed E-state index contributed by atoms with van der Waals surface area (Å²) >= 11 is 0. The summed E-state index contributed by atoms with van der Waals surface area (Å²) < 4.78 is 31.8. The zero-order valence-electron chi connectivity index (χ0n) is 19.4. The Morgan fingerprint density at radius 1 is 1.18 bits per heavy atom. The lowest BCUT2D eigenvalue weighted by molar-refractivity contribution is 0.281. The predicted molar refractivity (Wildman–Crippen MR) is 137 cm³/mol. The van der Waals surface area contributed by atoms with Crippen molar-refractivity contribution < 1.29 is 11.3 Å². The van der Waals surface area contributed by atoms with Gasteiger partial charge in [0.25, 0.3) is 0 Å². The fourth-order valence-electron chi connectivity index (χ4n) is 6.19. The third-order valence-electron chi connectivity index (χ3n) is 7.95. The highest BCUT2D eigenvalue weighted by Crippen LogP contribution is 2.59. The van der Waals surface area contributed by atoms with Gasteiger partial charge in [-0.3, -0.25) is 4.99 Å². The Morgan fingerprint density at radius 2 is 1.97 bits per heavy atom. The lowest BCUT2D eigenvalue weighted by Gasteiger charge is -2.29. The van der Waals surface area contributed by atoms with E-state index in [1.54, 1.807) is 12.1 Å². The molecule has 2 aromatic heterocycles. The molecule has 4 aromatic rings. The molecular formula is C26H33N5O2S. The molecule has 0 spiro atoms. The lowest BCUT2D eigenvalue weighted by Crippen LogP contribution is -2.39. The first-order valence-corrected chi connectivity index (χ1v) is 13.4. The minimum absolute atomic E-state index is 0. The summed E-state index contributed by atoms with van der Waals surface area (Å²) in [5, 5.41) is 1.97. The van der Waals surface area contributed by atoms with Crippen LogP contribution in [0.4, 0.5) is 0 Å². The van der Waals surface area contributed by atoms with Crippen LogP contribution in [-0.2, 0) is 15.6 Å². The van der Waals surface area contributed by atoms with E-state index in [9.17, 15) is 8.42 Å². The average Bonchev–Trinajstić information content (AvgIpc) is 3.19. The topological polar surface area (TPSA) is 92.1 Å². The summed E-state index contributed by atoms with van der Waals surface area (Å²) in [6.07, 6.45) is 7.47. The van der Waals surface area contributed by atoms with Crippen LogP contribution >= 0.6 is 0 Å². The van der Waals surface area contributed by atoms with E-state index in [0.29, 0.717) is 16.7 Å². The van der Waals surface area contributed by atoms with Gasteiger partial charge in [0.15, 0.2) is 5.65 Å². The highest BCUT2D eigenvalue weighted by Gasteiger charge is 2.59. The predicted octanol–water partition coefficient (Wildman–Crippen LogP) is 4.42. The molecule has 2 aliphatic rings. The average molecular weight is 480 g/mol. The van der Waals surface area contributed by atoms with Gasteiger partial charge in [0, 0.05) is 22.1 Å². The van der Waals surface area contributed by atoms with Gasteiger partial charge in [-0.25, -0.2) is 18.1 Å². The standard InChI is InChI=1S/C26H29N5O2S.2H2/c1-17-15-26(17,31-23-11-12-28-25(23)29-16-24(31)27-2)20-8-9-21(14-20)30-34(32,33)22-10-7-18-5-3-4-6-19(18)13-22;;/h3-7,10-13,16-17,20-21,28,30H,8-9,14-15H2,1-2H3;2*1H/t17?,20-,21+,26?;;/m1../s1. The molecule has 2 N–H and O–H groups in total. The molecule has 2 aromatic carbocycles. The number of benzene rings is 2. The highest BCUT2D eigenvalue weighted by atomic mass is 32.2. The molecule has 2 fully saturated rings. The van der Waals surface area contributed by atoms with E-state index in [2.05, 4.69) is 37.2 Å². The first-order chi connectivity index (χ1) is 16.4. The number of sulfonamides is 1. The highest BCUT2D eigenvalue weighted by molar-refractivity contribution is 7.89. The number of rotatable bonds is 5. The Labute approximate surface area is 202 Å². The van der Waals surface area contributed by atoms with E-state index in [-0.39, 0.29) is 14.4 Å². The van der Waals surface area contributed by atoms with Crippen molar-refractivity contribution in [3.8, 4) is 0 Å². The summed E-state index contributed by atoms with van der Waals surface area (Å²) in [7, 11) is -1.78. The van der Waals surface area contributed by atoms with Crippen molar-refractivity contribution >= 4 is 32.0 Å². The third-order valence-corrected chi connectivity index (χ3v) is 9.47. The summed E-state index contributed by atoms with van der Waals surface area (Å²) in [5.74, 6) is 0.872. The number of hydrogen-bond donors (Lipinski definition) is 2. The molecule has 2 saturated carbocycles. The molecule has 0 bridgehead atoms. The van der Waals surface area contributed by atoms with E-state index < -0.39 is 10.0 Å². The second-order valence-corrected chi connectivity index (χ2v) is 11.5. The Hall–Kier alpha value is -2.97. The van der Waals surface area contributed by atoms with Crippen LogP contribution in [0, 0.1) is 11.8 Å². The Balaban J connectivity index is 0.00000152. The van der Waals surface area contributed by atoms with Crippen molar-refractivity contribution in [2.24, 2.45) is 16.8 Å². The molecule has 0 radical (unpaired) electrons. The monoisotopic (exact) mass is 479 g/mol. The van der Waals surface area contributed by atoms with E-state index in [0.717, 1.165) is 53.1 Å². The number of hydrogen-bond acceptors (Lipinski definition) is 4. The summed E-state index contributed by atoms with van der Waals surface area (Å²) in [6.45, 7) is 2.29. The van der Waals surface area contributed by atoms with Gasteiger partial charge >= 0.3 is 0 Å². The van der Waals surface area contributed by atoms with E-state index in [1.165, 1.54) is 0 Å². The molecule has 0 saturated heterocycles. The summed E-state index contributed by atoms with van der Waals surface area (Å²) in [6, 6.07) is 15.2. The first kappa shape index (κ1) is 21.6. The number of nitrogens with zero attached hydrogens (tertiary/aromatic N) is 3. The van der Waals surface area contributed by atoms with Crippen LogP contribution in [-0.4, -0.2) is 36.0 Å². The van der Waals surface area contributed by atoms with Gasteiger partial charge < -0.3 is 9.55 Å². The fourth-order valence-corrected chi connectivity index (χ4v) is 7.51. The van der Waals surface area contributed by atoms with Crippen LogP contribution in [0.15, 0.2) is 70.8 Å². The van der Waals surface area contributed by atoms with Crippen molar-refractivity contribution in [2.75, 3.05) is 7.05 Å². The molecular weight excluding hydrogens is 446 g/mol. The van der Waals surface area contributed by atoms with Crippen LogP contribution in [0.3, 0.4) is 0 Å². The zero-order chi connectivity index (χ0) is 23.5. The summed E-state index contributed by atoms with van der Waals surface area (Å²) in [5.41, 5.74) is 2.74. The molecule has 4 atom stereocenters. The molecule has 2 aliphatic carbocycles. The van der Waals surface area contributed by atoms with Gasteiger partial charge in [0.2, 0.25) is 10.0 Å². The maximum Gasteiger partial charge on any atom is 0.240 e. The maximum absolute atomic E-state index is 13.2. The van der Waals surface area contributed by atoms with Gasteiger partial charge in [0.05, 0.1) is 22.1 Å². The second kappa shape index (κ2) is 7.78. The molecule has 8 heteroatoms. The quantitative estimate of drug-likeness (QED) is 0.444. The van der Waals surface area contributed by atoms with Crippen molar-refractivity contribution in [2.45, 2.75) is 49.1 Å². The van der Waals surface area contributed by atoms with Crippen LogP contribution in [0.1, 0.15) is 35.5 Å². The number of aromatic amines is 1. The van der Waals surface area contributed by atoms with Gasteiger partial charge in [0.1, 0.15) is 5.49 Å². The van der Waals surface area contributed by atoms with E-state index in [1.807, 2.05) is 49.8 Å². The fraction of sp³-hybridized carbons (Fsp3) is 0.385. The number of fused-ring (bicyclic) bond motifs is 2. The van der Waals surface area contributed by atoms with Crippen LogP contribution in [0.5, 0.6) is 0 Å². The largest absolute Gasteiger partial charge is 0.345 e. The zero-order valence-corrected chi connectivity index (χ0v) is 20.2. The van der Waals surface area contributed by atoms with Crippen molar-refractivity contribution in [1.82, 2.24) is 19.3 Å². The lowest BCUT2D eigenvalue weighted by atomic mass is 9.92. The van der Waals surface area contributed by atoms with E-state index in [4.69, 9.17) is 0 Å². The molecule has 7 nitrogen and oxygen atoms in total. The van der Waals surface area contributed by atoms with Gasteiger partial charge in [-0.05, 0) is 66.5 Å². The number of nitrogens with one attached hydrogen (secondary N) is 2. The second-order valence-electron chi connectivity index (χ2n) is 9.82.